The first-order valence-corrected chi connectivity index (χ1v) is 5.78. The summed E-state index contributed by atoms with van der Waals surface area (Å²) in [7, 11) is 1.96. The van der Waals surface area contributed by atoms with Gasteiger partial charge in [0.05, 0.1) is 11.7 Å². The lowest BCUT2D eigenvalue weighted by atomic mass is 10.1. The molecule has 0 aliphatic carbocycles. The first-order chi connectivity index (χ1) is 7.40. The van der Waals surface area contributed by atoms with Gasteiger partial charge in [0, 0.05) is 6.20 Å². The van der Waals surface area contributed by atoms with Crippen molar-refractivity contribution in [2.45, 2.75) is 12.5 Å². The van der Waals surface area contributed by atoms with Crippen LogP contribution in [0.1, 0.15) is 17.3 Å². The number of hydrogen-bond acceptors (Lipinski definition) is 4. The molecule has 1 unspecified atom stereocenters. The summed E-state index contributed by atoms with van der Waals surface area (Å²) >= 11 is 1.73. The number of aromatic nitrogens is 2. The lowest BCUT2D eigenvalue weighted by Crippen LogP contribution is -2.19. The quantitative estimate of drug-likeness (QED) is 0.855. The molecule has 0 spiro atoms. The normalized spacial score (nSPS) is 12.6. The van der Waals surface area contributed by atoms with E-state index in [1.807, 2.05) is 13.1 Å². The van der Waals surface area contributed by atoms with Crippen LogP contribution in [0.2, 0.25) is 0 Å². The lowest BCUT2D eigenvalue weighted by Gasteiger charge is -2.14. The summed E-state index contributed by atoms with van der Waals surface area (Å²) in [6, 6.07) is 4.37. The van der Waals surface area contributed by atoms with Gasteiger partial charge in [0.2, 0.25) is 0 Å². The molecule has 0 aliphatic heterocycles. The molecule has 2 rings (SSSR count). The minimum absolute atomic E-state index is 0.266. The Hall–Kier alpha value is -1.26. The molecule has 2 aromatic heterocycles. The van der Waals surface area contributed by atoms with Crippen molar-refractivity contribution < 1.29 is 0 Å². The molecule has 0 fully saturated rings. The fraction of sp³-hybridized carbons (Fsp3) is 0.273. The van der Waals surface area contributed by atoms with Crippen LogP contribution < -0.4 is 5.32 Å². The van der Waals surface area contributed by atoms with Crippen molar-refractivity contribution in [3.8, 4) is 0 Å². The van der Waals surface area contributed by atoms with Crippen molar-refractivity contribution >= 4 is 11.3 Å². The molecule has 0 bridgehead atoms. The minimum Gasteiger partial charge on any atom is -0.311 e. The van der Waals surface area contributed by atoms with Crippen LogP contribution in [0.25, 0.3) is 0 Å². The van der Waals surface area contributed by atoms with Crippen LogP contribution in [-0.2, 0) is 6.42 Å². The van der Waals surface area contributed by atoms with Crippen molar-refractivity contribution in [2.75, 3.05) is 7.05 Å². The van der Waals surface area contributed by atoms with Crippen molar-refractivity contribution in [1.29, 1.82) is 0 Å². The van der Waals surface area contributed by atoms with Gasteiger partial charge in [-0.3, -0.25) is 0 Å². The van der Waals surface area contributed by atoms with Gasteiger partial charge < -0.3 is 5.32 Å². The maximum Gasteiger partial charge on any atom is 0.115 e. The lowest BCUT2D eigenvalue weighted by molar-refractivity contribution is 0.575. The molecule has 3 nitrogen and oxygen atoms in total. The molecule has 4 heteroatoms. The molecule has 78 valence electrons. The van der Waals surface area contributed by atoms with Crippen LogP contribution in [0, 0.1) is 0 Å². The maximum atomic E-state index is 4.26. The van der Waals surface area contributed by atoms with Crippen molar-refractivity contribution in [2.24, 2.45) is 0 Å². The predicted molar refractivity (Wildman–Crippen MR) is 61.9 cm³/mol. The molecule has 0 aliphatic rings. The SMILES string of the molecule is CNC(Cc1ccsc1)c1ccncn1. The molecular formula is C11H13N3S. The summed E-state index contributed by atoms with van der Waals surface area (Å²) in [4.78, 5) is 8.18. The molecular weight excluding hydrogens is 206 g/mol. The average Bonchev–Trinajstić information content (AvgIpc) is 2.80. The second kappa shape index (κ2) is 5.00. The number of nitrogens with one attached hydrogen (secondary N) is 1. The Labute approximate surface area is 93.2 Å². The van der Waals surface area contributed by atoms with Crippen LogP contribution in [0.3, 0.4) is 0 Å². The second-order valence-corrected chi connectivity index (χ2v) is 4.09. The summed E-state index contributed by atoms with van der Waals surface area (Å²) < 4.78 is 0. The fourth-order valence-electron chi connectivity index (χ4n) is 1.51. The summed E-state index contributed by atoms with van der Waals surface area (Å²) in [5, 5.41) is 7.54. The minimum atomic E-state index is 0.266. The second-order valence-electron chi connectivity index (χ2n) is 3.31. The van der Waals surface area contributed by atoms with E-state index in [1.54, 1.807) is 23.9 Å². The molecule has 0 aromatic carbocycles. The number of rotatable bonds is 4. The molecule has 1 atom stereocenters. The van der Waals surface area contributed by atoms with Gasteiger partial charge in [0.15, 0.2) is 0 Å². The van der Waals surface area contributed by atoms with E-state index < -0.39 is 0 Å². The monoisotopic (exact) mass is 219 g/mol. The van der Waals surface area contributed by atoms with E-state index in [0.29, 0.717) is 0 Å². The van der Waals surface area contributed by atoms with Gasteiger partial charge in [-0.2, -0.15) is 11.3 Å². The summed E-state index contributed by atoms with van der Waals surface area (Å²) in [5.41, 5.74) is 2.39. The standard InChI is InChI=1S/C11H13N3S/c1-12-11(6-9-3-5-15-7-9)10-2-4-13-8-14-10/h2-5,7-8,11-12H,6H2,1H3. The first-order valence-electron chi connectivity index (χ1n) is 4.84. The molecule has 2 aromatic rings. The Morgan fingerprint density at radius 1 is 1.47 bits per heavy atom. The maximum absolute atomic E-state index is 4.26. The van der Waals surface area contributed by atoms with Gasteiger partial charge in [-0.25, -0.2) is 9.97 Å². The van der Waals surface area contributed by atoms with Crippen molar-refractivity contribution in [3.63, 3.8) is 0 Å². The van der Waals surface area contributed by atoms with Gasteiger partial charge in [-0.05, 0) is 41.9 Å². The van der Waals surface area contributed by atoms with Gasteiger partial charge in [-0.15, -0.1) is 0 Å². The van der Waals surface area contributed by atoms with E-state index >= 15 is 0 Å². The predicted octanol–water partition coefficient (Wildman–Crippen LogP) is 2.04. The zero-order chi connectivity index (χ0) is 10.5. The Morgan fingerprint density at radius 3 is 3.00 bits per heavy atom. The largest absolute Gasteiger partial charge is 0.311 e. The Kier molecular flexibility index (Phi) is 3.42. The molecule has 1 N–H and O–H groups in total. The van der Waals surface area contributed by atoms with E-state index in [9.17, 15) is 0 Å². The van der Waals surface area contributed by atoms with E-state index in [1.165, 1.54) is 5.56 Å². The molecule has 2 heterocycles. The van der Waals surface area contributed by atoms with Crippen LogP contribution in [-0.4, -0.2) is 17.0 Å². The highest BCUT2D eigenvalue weighted by Gasteiger charge is 2.10. The zero-order valence-electron chi connectivity index (χ0n) is 8.55. The fourth-order valence-corrected chi connectivity index (χ4v) is 2.19. The highest BCUT2D eigenvalue weighted by atomic mass is 32.1. The summed E-state index contributed by atoms with van der Waals surface area (Å²) in [5.74, 6) is 0. The number of thiophene rings is 1. The van der Waals surface area contributed by atoms with Crippen molar-refractivity contribution in [1.82, 2.24) is 15.3 Å². The smallest absolute Gasteiger partial charge is 0.115 e. The van der Waals surface area contributed by atoms with Crippen LogP contribution in [0.15, 0.2) is 35.4 Å². The van der Waals surface area contributed by atoms with E-state index in [-0.39, 0.29) is 6.04 Å². The van der Waals surface area contributed by atoms with E-state index in [0.717, 1.165) is 12.1 Å². The third-order valence-corrected chi connectivity index (χ3v) is 3.06. The van der Waals surface area contributed by atoms with Gasteiger partial charge in [0.1, 0.15) is 6.33 Å². The Balaban J connectivity index is 2.12. The van der Waals surface area contributed by atoms with Gasteiger partial charge in [0.25, 0.3) is 0 Å². The highest BCUT2D eigenvalue weighted by molar-refractivity contribution is 7.07. The van der Waals surface area contributed by atoms with Crippen LogP contribution in [0.5, 0.6) is 0 Å². The molecule has 0 radical (unpaired) electrons. The number of likely N-dealkylation sites (N-methyl/N-ethyl adjacent to an activating group) is 1. The molecule has 0 saturated carbocycles. The topological polar surface area (TPSA) is 37.8 Å². The molecule has 15 heavy (non-hydrogen) atoms. The number of nitrogens with zero attached hydrogens (tertiary/aromatic N) is 2. The van der Waals surface area contributed by atoms with Crippen LogP contribution in [0.4, 0.5) is 0 Å². The Morgan fingerprint density at radius 2 is 2.40 bits per heavy atom. The molecule has 0 saturated heterocycles. The van der Waals surface area contributed by atoms with E-state index in [2.05, 4.69) is 32.1 Å². The van der Waals surface area contributed by atoms with Crippen LogP contribution >= 0.6 is 11.3 Å². The Bertz CT molecular complexity index is 385. The number of hydrogen-bond donors (Lipinski definition) is 1. The highest BCUT2D eigenvalue weighted by Crippen LogP contribution is 2.17. The summed E-state index contributed by atoms with van der Waals surface area (Å²) in [6.07, 6.45) is 4.34. The first kappa shape index (κ1) is 10.3. The third-order valence-electron chi connectivity index (χ3n) is 2.33. The van der Waals surface area contributed by atoms with Crippen molar-refractivity contribution in [3.05, 3.63) is 46.7 Å². The molecule has 0 amide bonds. The third kappa shape index (κ3) is 2.61. The van der Waals surface area contributed by atoms with Gasteiger partial charge in [-0.1, -0.05) is 0 Å². The van der Waals surface area contributed by atoms with E-state index in [4.69, 9.17) is 0 Å². The van der Waals surface area contributed by atoms with Gasteiger partial charge >= 0.3 is 0 Å². The average molecular weight is 219 g/mol. The zero-order valence-corrected chi connectivity index (χ0v) is 9.37. The summed E-state index contributed by atoms with van der Waals surface area (Å²) in [6.45, 7) is 0.